The van der Waals surface area contributed by atoms with Crippen molar-refractivity contribution in [1.82, 2.24) is 10.2 Å². The number of hydrogen-bond donors (Lipinski definition) is 3. The van der Waals surface area contributed by atoms with Crippen LogP contribution in [0.25, 0.3) is 0 Å². The van der Waals surface area contributed by atoms with Gasteiger partial charge < -0.3 is 20.4 Å². The van der Waals surface area contributed by atoms with Crippen LogP contribution in [0.3, 0.4) is 0 Å². The van der Waals surface area contributed by atoms with Crippen LogP contribution >= 0.6 is 0 Å². The quantitative estimate of drug-likeness (QED) is 0.646. The highest BCUT2D eigenvalue weighted by Crippen LogP contribution is 2.40. The molecule has 6 heteroatoms. The maximum atomic E-state index is 12.0. The van der Waals surface area contributed by atoms with Crippen molar-refractivity contribution in [3.63, 3.8) is 0 Å². The summed E-state index contributed by atoms with van der Waals surface area (Å²) in [6.07, 6.45) is 2.68. The van der Waals surface area contributed by atoms with E-state index in [-0.39, 0.29) is 25.2 Å². The van der Waals surface area contributed by atoms with Crippen molar-refractivity contribution in [2.45, 2.75) is 45.6 Å². The second-order valence-electron chi connectivity index (χ2n) is 5.46. The number of rotatable bonds is 7. The Balaban J connectivity index is 2.50. The van der Waals surface area contributed by atoms with Gasteiger partial charge in [-0.1, -0.05) is 6.42 Å². The molecule has 1 aliphatic carbocycles. The van der Waals surface area contributed by atoms with Crippen LogP contribution in [0.15, 0.2) is 0 Å². The van der Waals surface area contributed by atoms with E-state index in [0.29, 0.717) is 25.8 Å². The van der Waals surface area contributed by atoms with Crippen LogP contribution in [0.5, 0.6) is 0 Å². The maximum absolute atomic E-state index is 12.0. The number of carboxylic acids is 1. The summed E-state index contributed by atoms with van der Waals surface area (Å²) in [5, 5.41) is 20.7. The molecule has 6 nitrogen and oxygen atoms in total. The molecule has 0 unspecified atom stereocenters. The molecule has 19 heavy (non-hydrogen) atoms. The first-order valence-corrected chi connectivity index (χ1v) is 6.82. The minimum Gasteiger partial charge on any atom is -0.481 e. The molecular formula is C13H24N2O4. The van der Waals surface area contributed by atoms with Gasteiger partial charge in [0, 0.05) is 25.7 Å². The highest BCUT2D eigenvalue weighted by atomic mass is 16.4. The predicted octanol–water partition coefficient (Wildman–Crippen LogP) is 1.04. The summed E-state index contributed by atoms with van der Waals surface area (Å²) in [5.74, 6) is -0.828. The van der Waals surface area contributed by atoms with Gasteiger partial charge in [-0.15, -0.1) is 0 Å². The van der Waals surface area contributed by atoms with Gasteiger partial charge in [-0.2, -0.15) is 0 Å². The summed E-state index contributed by atoms with van der Waals surface area (Å²) >= 11 is 0. The van der Waals surface area contributed by atoms with Crippen molar-refractivity contribution in [2.24, 2.45) is 5.41 Å². The molecule has 2 amide bonds. The molecule has 0 heterocycles. The first kappa shape index (κ1) is 15.8. The summed E-state index contributed by atoms with van der Waals surface area (Å²) in [6, 6.07) is -0.232. The van der Waals surface area contributed by atoms with E-state index in [0.717, 1.165) is 6.42 Å². The van der Waals surface area contributed by atoms with E-state index >= 15 is 0 Å². The van der Waals surface area contributed by atoms with E-state index in [1.807, 2.05) is 13.8 Å². The number of aliphatic hydroxyl groups is 1. The number of urea groups is 1. The zero-order valence-corrected chi connectivity index (χ0v) is 11.7. The Morgan fingerprint density at radius 2 is 2.00 bits per heavy atom. The number of carbonyl (C=O) groups excluding carboxylic acids is 1. The van der Waals surface area contributed by atoms with Crippen molar-refractivity contribution in [1.29, 1.82) is 0 Å². The topological polar surface area (TPSA) is 89.9 Å². The molecule has 1 fully saturated rings. The average molecular weight is 272 g/mol. The van der Waals surface area contributed by atoms with Gasteiger partial charge >= 0.3 is 12.0 Å². The number of carboxylic acid groups (broad SMARTS) is 1. The molecule has 0 aliphatic heterocycles. The lowest BCUT2D eigenvalue weighted by molar-refractivity contribution is -0.153. The molecule has 0 bridgehead atoms. The van der Waals surface area contributed by atoms with Gasteiger partial charge in [0.1, 0.15) is 0 Å². The Morgan fingerprint density at radius 1 is 1.37 bits per heavy atom. The smallest absolute Gasteiger partial charge is 0.317 e. The fourth-order valence-corrected chi connectivity index (χ4v) is 2.25. The standard InChI is InChI=1S/C13H24N2O4/c1-10(2)15(7-4-8-16)12(19)14-9-13(11(17)18)5-3-6-13/h10,16H,3-9H2,1-2H3,(H,14,19)(H,17,18). The van der Waals surface area contributed by atoms with Gasteiger partial charge in [-0.3, -0.25) is 4.79 Å². The average Bonchev–Trinajstić information content (AvgIpc) is 2.27. The van der Waals surface area contributed by atoms with Gasteiger partial charge in [-0.05, 0) is 33.1 Å². The molecule has 0 aromatic heterocycles. The van der Waals surface area contributed by atoms with E-state index in [4.69, 9.17) is 5.11 Å². The number of hydrogen-bond acceptors (Lipinski definition) is 3. The first-order chi connectivity index (χ1) is 8.93. The number of nitrogens with one attached hydrogen (secondary N) is 1. The largest absolute Gasteiger partial charge is 0.481 e. The Kier molecular flexibility index (Phi) is 5.60. The molecule has 1 aliphatic rings. The summed E-state index contributed by atoms with van der Waals surface area (Å²) in [7, 11) is 0. The fraction of sp³-hybridized carbons (Fsp3) is 0.846. The summed E-state index contributed by atoms with van der Waals surface area (Å²) < 4.78 is 0. The van der Waals surface area contributed by atoms with Crippen LogP contribution in [-0.2, 0) is 4.79 Å². The van der Waals surface area contributed by atoms with E-state index in [2.05, 4.69) is 5.32 Å². The third-order valence-electron chi connectivity index (χ3n) is 3.78. The van der Waals surface area contributed by atoms with E-state index in [9.17, 15) is 14.7 Å². The van der Waals surface area contributed by atoms with Crippen LogP contribution in [0.4, 0.5) is 4.79 Å². The zero-order valence-electron chi connectivity index (χ0n) is 11.7. The number of aliphatic hydroxyl groups excluding tert-OH is 1. The lowest BCUT2D eigenvalue weighted by Crippen LogP contribution is -2.52. The number of amides is 2. The second kappa shape index (κ2) is 6.75. The molecule has 1 rings (SSSR count). The van der Waals surface area contributed by atoms with Crippen LogP contribution in [0, 0.1) is 5.41 Å². The SMILES string of the molecule is CC(C)N(CCCO)C(=O)NCC1(C(=O)O)CCC1. The minimum atomic E-state index is -0.828. The van der Waals surface area contributed by atoms with Crippen molar-refractivity contribution >= 4 is 12.0 Å². The maximum Gasteiger partial charge on any atom is 0.317 e. The number of nitrogens with zero attached hydrogens (tertiary/aromatic N) is 1. The highest BCUT2D eigenvalue weighted by molar-refractivity contribution is 5.79. The molecule has 110 valence electrons. The van der Waals surface area contributed by atoms with Gasteiger partial charge in [0.25, 0.3) is 0 Å². The normalized spacial score (nSPS) is 16.8. The molecule has 0 saturated heterocycles. The Morgan fingerprint density at radius 3 is 2.37 bits per heavy atom. The summed E-state index contributed by atoms with van der Waals surface area (Å²) in [6.45, 7) is 4.49. The fourth-order valence-electron chi connectivity index (χ4n) is 2.25. The van der Waals surface area contributed by atoms with Gasteiger partial charge in [-0.25, -0.2) is 4.79 Å². The van der Waals surface area contributed by atoms with Crippen molar-refractivity contribution in [2.75, 3.05) is 19.7 Å². The number of aliphatic carboxylic acids is 1. The molecule has 0 atom stereocenters. The third kappa shape index (κ3) is 3.83. The predicted molar refractivity (Wildman–Crippen MR) is 70.9 cm³/mol. The highest BCUT2D eigenvalue weighted by Gasteiger charge is 2.44. The molecule has 1 saturated carbocycles. The van der Waals surface area contributed by atoms with Crippen LogP contribution in [0.1, 0.15) is 39.5 Å². The summed E-state index contributed by atoms with van der Waals surface area (Å²) in [4.78, 5) is 24.8. The lowest BCUT2D eigenvalue weighted by Gasteiger charge is -2.38. The molecule has 0 aromatic rings. The van der Waals surface area contributed by atoms with E-state index in [1.54, 1.807) is 4.90 Å². The number of carbonyl (C=O) groups is 2. The van der Waals surface area contributed by atoms with Crippen LogP contribution < -0.4 is 5.32 Å². The third-order valence-corrected chi connectivity index (χ3v) is 3.78. The van der Waals surface area contributed by atoms with Gasteiger partial charge in [0.05, 0.1) is 5.41 Å². The second-order valence-corrected chi connectivity index (χ2v) is 5.46. The minimum absolute atomic E-state index is 0.0220. The molecule has 0 aromatic carbocycles. The molecule has 0 spiro atoms. The van der Waals surface area contributed by atoms with Crippen LogP contribution in [0.2, 0.25) is 0 Å². The monoisotopic (exact) mass is 272 g/mol. The Labute approximate surface area is 113 Å². The Hall–Kier alpha value is -1.30. The van der Waals surface area contributed by atoms with Crippen molar-refractivity contribution in [3.8, 4) is 0 Å². The molecule has 3 N–H and O–H groups in total. The Bertz CT molecular complexity index is 327. The summed E-state index contributed by atoms with van der Waals surface area (Å²) in [5.41, 5.74) is -0.769. The van der Waals surface area contributed by atoms with Crippen LogP contribution in [-0.4, -0.2) is 52.9 Å². The van der Waals surface area contributed by atoms with Crippen molar-refractivity contribution in [3.05, 3.63) is 0 Å². The molecular weight excluding hydrogens is 248 g/mol. The lowest BCUT2D eigenvalue weighted by atomic mass is 9.69. The van der Waals surface area contributed by atoms with Crippen molar-refractivity contribution < 1.29 is 19.8 Å². The van der Waals surface area contributed by atoms with E-state index in [1.165, 1.54) is 0 Å². The van der Waals surface area contributed by atoms with Gasteiger partial charge in [0.15, 0.2) is 0 Å². The zero-order chi connectivity index (χ0) is 14.5. The first-order valence-electron chi connectivity index (χ1n) is 6.82. The van der Waals surface area contributed by atoms with E-state index < -0.39 is 11.4 Å². The molecule has 0 radical (unpaired) electrons. The van der Waals surface area contributed by atoms with Gasteiger partial charge in [0.2, 0.25) is 0 Å².